The number of ether oxygens (including phenoxy) is 2. The molecule has 0 aliphatic carbocycles. The fraction of sp³-hybridized carbons (Fsp3) is 0.111. The number of nitrogens with one attached hydrogen (secondary N) is 3. The molecule has 3 aromatic rings. The molecule has 0 spiro atoms. The first kappa shape index (κ1) is 16.3. The molecule has 4 rings (SSSR count). The zero-order chi connectivity index (χ0) is 17.9. The summed E-state index contributed by atoms with van der Waals surface area (Å²) in [6.07, 6.45) is 1.69. The molecule has 1 aliphatic rings. The predicted octanol–water partition coefficient (Wildman–Crippen LogP) is 3.78. The zero-order valence-electron chi connectivity index (χ0n) is 13.6. The van der Waals surface area contributed by atoms with Crippen LogP contribution >= 0.6 is 11.6 Å². The molecule has 0 radical (unpaired) electrons. The summed E-state index contributed by atoms with van der Waals surface area (Å²) in [6.45, 7) is 0.518. The lowest BCUT2D eigenvalue weighted by molar-refractivity contribution is 0.174. The number of hydrogen-bond acceptors (Lipinski definition) is 4. The number of hydrogen-bond donors (Lipinski definition) is 3. The third-order valence-corrected chi connectivity index (χ3v) is 4.17. The Labute approximate surface area is 154 Å². The molecule has 0 saturated carbocycles. The van der Waals surface area contributed by atoms with Gasteiger partial charge in [0.05, 0.1) is 11.9 Å². The number of H-pyrrole nitrogens is 1. The summed E-state index contributed by atoms with van der Waals surface area (Å²) in [7, 11) is 0. The van der Waals surface area contributed by atoms with Gasteiger partial charge in [-0.3, -0.25) is 5.10 Å². The monoisotopic (exact) mass is 370 g/mol. The van der Waals surface area contributed by atoms with Crippen LogP contribution in [0.15, 0.2) is 48.7 Å². The lowest BCUT2D eigenvalue weighted by atomic mass is 10.1. The van der Waals surface area contributed by atoms with E-state index < -0.39 is 0 Å². The molecule has 2 aromatic carbocycles. The minimum Gasteiger partial charge on any atom is -0.454 e. The Morgan fingerprint density at radius 3 is 2.81 bits per heavy atom. The highest BCUT2D eigenvalue weighted by atomic mass is 35.5. The SMILES string of the molecule is O=C(NCc1cn[nH]c1-c1ccc(Cl)cc1)Nc1ccc2c(c1)OCO2. The Kier molecular flexibility index (Phi) is 4.37. The van der Waals surface area contributed by atoms with Crippen LogP contribution < -0.4 is 20.1 Å². The highest BCUT2D eigenvalue weighted by Gasteiger charge is 2.14. The molecule has 7 nitrogen and oxygen atoms in total. The van der Waals surface area contributed by atoms with Gasteiger partial charge in [-0.2, -0.15) is 5.10 Å². The quantitative estimate of drug-likeness (QED) is 0.652. The summed E-state index contributed by atoms with van der Waals surface area (Å²) in [6, 6.07) is 12.3. The van der Waals surface area contributed by atoms with Gasteiger partial charge in [-0.1, -0.05) is 23.7 Å². The third kappa shape index (κ3) is 3.43. The number of carbonyl (C=O) groups excluding carboxylic acids is 1. The number of halogens is 1. The van der Waals surface area contributed by atoms with Crippen LogP contribution in [0.1, 0.15) is 5.56 Å². The number of rotatable bonds is 4. The van der Waals surface area contributed by atoms with Crippen LogP contribution in [0.3, 0.4) is 0 Å². The van der Waals surface area contributed by atoms with Gasteiger partial charge in [0.1, 0.15) is 0 Å². The topological polar surface area (TPSA) is 88.3 Å². The van der Waals surface area contributed by atoms with Crippen molar-refractivity contribution in [2.75, 3.05) is 12.1 Å². The van der Waals surface area contributed by atoms with Crippen molar-refractivity contribution in [1.29, 1.82) is 0 Å². The molecule has 0 bridgehead atoms. The maximum Gasteiger partial charge on any atom is 0.319 e. The molecule has 2 amide bonds. The van der Waals surface area contributed by atoms with E-state index in [2.05, 4.69) is 20.8 Å². The van der Waals surface area contributed by atoms with E-state index in [9.17, 15) is 4.79 Å². The Morgan fingerprint density at radius 2 is 1.96 bits per heavy atom. The van der Waals surface area contributed by atoms with E-state index in [0.717, 1.165) is 16.8 Å². The second-order valence-corrected chi connectivity index (χ2v) is 6.09. The van der Waals surface area contributed by atoms with E-state index in [1.165, 1.54) is 0 Å². The number of amides is 2. The van der Waals surface area contributed by atoms with Crippen molar-refractivity contribution in [3.8, 4) is 22.8 Å². The van der Waals surface area contributed by atoms with Gasteiger partial charge in [0.2, 0.25) is 6.79 Å². The molecule has 0 fully saturated rings. The number of aromatic amines is 1. The van der Waals surface area contributed by atoms with Gasteiger partial charge >= 0.3 is 6.03 Å². The molecule has 2 heterocycles. The van der Waals surface area contributed by atoms with Crippen LogP contribution in [0, 0.1) is 0 Å². The Hall–Kier alpha value is -3.19. The van der Waals surface area contributed by atoms with Crippen molar-refractivity contribution in [2.24, 2.45) is 0 Å². The molecule has 1 aliphatic heterocycles. The van der Waals surface area contributed by atoms with Crippen molar-refractivity contribution >= 4 is 23.3 Å². The number of fused-ring (bicyclic) bond motifs is 1. The molecule has 26 heavy (non-hydrogen) atoms. The second-order valence-electron chi connectivity index (χ2n) is 5.65. The molecule has 0 atom stereocenters. The van der Waals surface area contributed by atoms with Crippen molar-refractivity contribution in [2.45, 2.75) is 6.54 Å². The van der Waals surface area contributed by atoms with Crippen LogP contribution in [-0.4, -0.2) is 23.0 Å². The number of urea groups is 1. The Morgan fingerprint density at radius 1 is 1.15 bits per heavy atom. The maximum absolute atomic E-state index is 12.2. The number of aromatic nitrogens is 2. The van der Waals surface area contributed by atoms with Gasteiger partial charge in [0, 0.05) is 28.9 Å². The van der Waals surface area contributed by atoms with E-state index in [0.29, 0.717) is 28.8 Å². The van der Waals surface area contributed by atoms with Gasteiger partial charge in [-0.05, 0) is 29.8 Å². The van der Waals surface area contributed by atoms with Crippen LogP contribution in [0.4, 0.5) is 10.5 Å². The largest absolute Gasteiger partial charge is 0.454 e. The van der Waals surface area contributed by atoms with Gasteiger partial charge in [-0.25, -0.2) is 4.79 Å². The molecular weight excluding hydrogens is 356 g/mol. The Balaban J connectivity index is 1.39. The molecule has 132 valence electrons. The summed E-state index contributed by atoms with van der Waals surface area (Å²) in [5, 5.41) is 13.3. The minimum atomic E-state index is -0.327. The second kappa shape index (κ2) is 6.97. The fourth-order valence-electron chi connectivity index (χ4n) is 2.64. The maximum atomic E-state index is 12.2. The van der Waals surface area contributed by atoms with Crippen molar-refractivity contribution in [3.05, 3.63) is 59.2 Å². The van der Waals surface area contributed by atoms with E-state index in [1.807, 2.05) is 12.1 Å². The first-order valence-electron chi connectivity index (χ1n) is 7.92. The van der Waals surface area contributed by atoms with Crippen molar-refractivity contribution < 1.29 is 14.3 Å². The zero-order valence-corrected chi connectivity index (χ0v) is 14.3. The summed E-state index contributed by atoms with van der Waals surface area (Å²) >= 11 is 5.92. The molecule has 1 aromatic heterocycles. The van der Waals surface area contributed by atoms with Crippen molar-refractivity contribution in [1.82, 2.24) is 15.5 Å². The predicted molar refractivity (Wildman–Crippen MR) is 97.5 cm³/mol. The fourth-order valence-corrected chi connectivity index (χ4v) is 2.76. The highest BCUT2D eigenvalue weighted by molar-refractivity contribution is 6.30. The third-order valence-electron chi connectivity index (χ3n) is 3.92. The minimum absolute atomic E-state index is 0.193. The van der Waals surface area contributed by atoms with Crippen LogP contribution in [0.2, 0.25) is 5.02 Å². The van der Waals surface area contributed by atoms with E-state index >= 15 is 0 Å². The normalized spacial score (nSPS) is 12.0. The summed E-state index contributed by atoms with van der Waals surface area (Å²) in [4.78, 5) is 12.2. The number of anilines is 1. The van der Waals surface area contributed by atoms with E-state index in [4.69, 9.17) is 21.1 Å². The number of carbonyl (C=O) groups is 1. The standard InChI is InChI=1S/C18H15ClN4O3/c19-13-3-1-11(2-4-13)17-12(9-21-23-17)8-20-18(24)22-14-5-6-15-16(7-14)26-10-25-15/h1-7,9H,8,10H2,(H,21,23)(H2,20,22,24). The summed E-state index contributed by atoms with van der Waals surface area (Å²) in [5.74, 6) is 1.28. The lowest BCUT2D eigenvalue weighted by Gasteiger charge is -2.09. The van der Waals surface area contributed by atoms with Crippen molar-refractivity contribution in [3.63, 3.8) is 0 Å². The first-order valence-corrected chi connectivity index (χ1v) is 8.29. The van der Waals surface area contributed by atoms with Gasteiger partial charge < -0.3 is 20.1 Å². The first-order chi connectivity index (χ1) is 12.7. The van der Waals surface area contributed by atoms with E-state index in [1.54, 1.807) is 36.5 Å². The number of nitrogens with zero attached hydrogens (tertiary/aromatic N) is 1. The lowest BCUT2D eigenvalue weighted by Crippen LogP contribution is -2.28. The average Bonchev–Trinajstić information content (AvgIpc) is 3.29. The molecule has 3 N–H and O–H groups in total. The molecule has 8 heteroatoms. The molecule has 0 saturated heterocycles. The van der Waals surface area contributed by atoms with Crippen LogP contribution in [0.25, 0.3) is 11.3 Å². The van der Waals surface area contributed by atoms with Crippen LogP contribution in [0.5, 0.6) is 11.5 Å². The summed E-state index contributed by atoms with van der Waals surface area (Å²) < 4.78 is 10.5. The summed E-state index contributed by atoms with van der Waals surface area (Å²) in [5.41, 5.74) is 3.27. The van der Waals surface area contributed by atoms with Gasteiger partial charge in [0.15, 0.2) is 11.5 Å². The van der Waals surface area contributed by atoms with Crippen LogP contribution in [-0.2, 0) is 6.54 Å². The van der Waals surface area contributed by atoms with E-state index in [-0.39, 0.29) is 12.8 Å². The number of benzene rings is 2. The average molecular weight is 371 g/mol. The van der Waals surface area contributed by atoms with Gasteiger partial charge in [0.25, 0.3) is 0 Å². The van der Waals surface area contributed by atoms with Gasteiger partial charge in [-0.15, -0.1) is 0 Å². The molecule has 0 unspecified atom stereocenters. The highest BCUT2D eigenvalue weighted by Crippen LogP contribution is 2.34. The molecular formula is C18H15ClN4O3. The Bertz CT molecular complexity index is 940. The smallest absolute Gasteiger partial charge is 0.319 e.